The quantitative estimate of drug-likeness (QED) is 0.869. The van der Waals surface area contributed by atoms with Gasteiger partial charge in [0.25, 0.3) is 0 Å². The Bertz CT molecular complexity index is 572. The van der Waals surface area contributed by atoms with Crippen LogP contribution < -0.4 is 4.90 Å². The van der Waals surface area contributed by atoms with E-state index in [2.05, 4.69) is 4.98 Å². The summed E-state index contributed by atoms with van der Waals surface area (Å²) in [6.07, 6.45) is 1.87. The summed E-state index contributed by atoms with van der Waals surface area (Å²) in [4.78, 5) is 17.1. The Morgan fingerprint density at radius 3 is 2.82 bits per heavy atom. The molecule has 0 amide bonds. The van der Waals surface area contributed by atoms with Crippen molar-refractivity contribution in [3.63, 3.8) is 0 Å². The van der Waals surface area contributed by atoms with E-state index in [9.17, 15) is 4.79 Å². The van der Waals surface area contributed by atoms with E-state index in [0.717, 1.165) is 17.0 Å². The molecule has 0 atom stereocenters. The van der Waals surface area contributed by atoms with Gasteiger partial charge in [0.15, 0.2) is 0 Å². The molecule has 0 aliphatic rings. The number of carboxylic acids is 1. The zero-order valence-electron chi connectivity index (χ0n) is 10.1. The molecular weight excluding hydrogens is 218 g/mol. The number of fused-ring (bicyclic) bond motifs is 1. The molecule has 0 fully saturated rings. The van der Waals surface area contributed by atoms with Gasteiger partial charge in [0.2, 0.25) is 0 Å². The van der Waals surface area contributed by atoms with E-state index in [4.69, 9.17) is 5.11 Å². The predicted molar refractivity (Wildman–Crippen MR) is 65.6 cm³/mol. The zero-order chi connectivity index (χ0) is 12.6. The lowest BCUT2D eigenvalue weighted by atomic mass is 10.2. The molecule has 5 nitrogen and oxygen atoms in total. The molecule has 17 heavy (non-hydrogen) atoms. The Balaban J connectivity index is 2.60. The van der Waals surface area contributed by atoms with Gasteiger partial charge in [-0.2, -0.15) is 0 Å². The van der Waals surface area contributed by atoms with Crippen LogP contribution in [-0.4, -0.2) is 34.6 Å². The van der Waals surface area contributed by atoms with Crippen molar-refractivity contribution in [3.05, 3.63) is 29.8 Å². The van der Waals surface area contributed by atoms with Gasteiger partial charge in [0, 0.05) is 26.0 Å². The van der Waals surface area contributed by atoms with Crippen LogP contribution >= 0.6 is 0 Å². The van der Waals surface area contributed by atoms with Gasteiger partial charge in [-0.1, -0.05) is 0 Å². The van der Waals surface area contributed by atoms with Gasteiger partial charge in [0.1, 0.15) is 5.82 Å². The smallest absolute Gasteiger partial charge is 0.309 e. The Labute approximate surface area is 99.3 Å². The zero-order valence-corrected chi connectivity index (χ0v) is 10.1. The summed E-state index contributed by atoms with van der Waals surface area (Å²) in [5, 5.41) is 8.85. The molecule has 2 aromatic rings. The molecule has 0 radical (unpaired) electrons. The van der Waals surface area contributed by atoms with E-state index in [1.807, 2.05) is 48.6 Å². The number of pyridine rings is 1. The molecule has 0 saturated heterocycles. The number of rotatable bonds is 3. The summed E-state index contributed by atoms with van der Waals surface area (Å²) in [6, 6.07) is 3.94. The van der Waals surface area contributed by atoms with Gasteiger partial charge in [-0.3, -0.25) is 4.79 Å². The third-order valence-electron chi connectivity index (χ3n) is 2.71. The molecule has 0 aliphatic carbocycles. The van der Waals surface area contributed by atoms with Crippen molar-refractivity contribution in [1.82, 2.24) is 9.38 Å². The van der Waals surface area contributed by atoms with Crippen LogP contribution in [0, 0.1) is 6.92 Å². The molecule has 2 rings (SSSR count). The molecule has 5 heteroatoms. The number of anilines is 1. The number of aryl methyl sites for hydroxylation is 1. The number of nitrogens with zero attached hydrogens (tertiary/aromatic N) is 3. The van der Waals surface area contributed by atoms with Crippen LogP contribution in [0.1, 0.15) is 11.5 Å². The minimum atomic E-state index is -0.861. The second-order valence-corrected chi connectivity index (χ2v) is 4.21. The van der Waals surface area contributed by atoms with E-state index in [1.165, 1.54) is 0 Å². The fourth-order valence-electron chi connectivity index (χ4n) is 1.85. The molecule has 2 heterocycles. The average Bonchev–Trinajstić information content (AvgIpc) is 2.54. The third-order valence-corrected chi connectivity index (χ3v) is 2.71. The summed E-state index contributed by atoms with van der Waals surface area (Å²) >= 11 is 0. The molecule has 0 aliphatic heterocycles. The molecule has 0 spiro atoms. The number of imidazole rings is 1. The second kappa shape index (κ2) is 4.08. The van der Waals surface area contributed by atoms with Gasteiger partial charge < -0.3 is 14.4 Å². The molecule has 0 aromatic carbocycles. The van der Waals surface area contributed by atoms with Gasteiger partial charge in [-0.05, 0) is 19.1 Å². The first-order valence-corrected chi connectivity index (χ1v) is 5.35. The van der Waals surface area contributed by atoms with Crippen LogP contribution in [0.2, 0.25) is 0 Å². The third kappa shape index (κ3) is 2.08. The van der Waals surface area contributed by atoms with Crippen LogP contribution in [-0.2, 0) is 11.2 Å². The van der Waals surface area contributed by atoms with Crippen molar-refractivity contribution in [1.29, 1.82) is 0 Å². The van der Waals surface area contributed by atoms with Crippen LogP contribution in [0.25, 0.3) is 5.52 Å². The highest BCUT2D eigenvalue weighted by molar-refractivity contribution is 5.74. The van der Waals surface area contributed by atoms with Crippen LogP contribution in [0.3, 0.4) is 0 Å². The first-order valence-electron chi connectivity index (χ1n) is 5.35. The van der Waals surface area contributed by atoms with Gasteiger partial charge >= 0.3 is 5.97 Å². The monoisotopic (exact) mass is 233 g/mol. The minimum absolute atomic E-state index is 0.0474. The number of carbonyl (C=O) groups is 1. The summed E-state index contributed by atoms with van der Waals surface area (Å²) in [5.41, 5.74) is 2.50. The lowest BCUT2D eigenvalue weighted by Crippen LogP contribution is -2.09. The molecule has 0 saturated carbocycles. The maximum atomic E-state index is 10.8. The van der Waals surface area contributed by atoms with Crippen LogP contribution in [0.15, 0.2) is 18.3 Å². The molecule has 2 aromatic heterocycles. The molecule has 90 valence electrons. The highest BCUT2D eigenvalue weighted by atomic mass is 16.4. The van der Waals surface area contributed by atoms with Crippen molar-refractivity contribution in [3.8, 4) is 0 Å². The van der Waals surface area contributed by atoms with E-state index in [0.29, 0.717) is 5.69 Å². The van der Waals surface area contributed by atoms with Crippen molar-refractivity contribution in [2.45, 2.75) is 13.3 Å². The summed E-state index contributed by atoms with van der Waals surface area (Å²) in [7, 11) is 3.90. The van der Waals surface area contributed by atoms with Gasteiger partial charge in [-0.15, -0.1) is 0 Å². The maximum Gasteiger partial charge on any atom is 0.309 e. The lowest BCUT2D eigenvalue weighted by Gasteiger charge is -2.12. The molecule has 0 bridgehead atoms. The molecular formula is C12H15N3O2. The largest absolute Gasteiger partial charge is 0.481 e. The number of carboxylic acid groups (broad SMARTS) is 1. The highest BCUT2D eigenvalue weighted by Crippen LogP contribution is 2.19. The number of hydrogen-bond donors (Lipinski definition) is 1. The van der Waals surface area contributed by atoms with E-state index in [-0.39, 0.29) is 6.42 Å². The minimum Gasteiger partial charge on any atom is -0.481 e. The van der Waals surface area contributed by atoms with Crippen molar-refractivity contribution >= 4 is 17.2 Å². The molecule has 0 unspecified atom stereocenters. The summed E-state index contributed by atoms with van der Waals surface area (Å²) < 4.78 is 1.91. The summed E-state index contributed by atoms with van der Waals surface area (Å²) in [5.74, 6) is -0.0539. The first kappa shape index (κ1) is 11.4. The van der Waals surface area contributed by atoms with Crippen LogP contribution in [0.4, 0.5) is 5.69 Å². The number of aliphatic carboxylic acids is 1. The Morgan fingerprint density at radius 2 is 2.24 bits per heavy atom. The SMILES string of the molecule is Cc1nc(CC(=O)O)c2cc(N(C)C)ccn12. The average molecular weight is 233 g/mol. The van der Waals surface area contributed by atoms with Crippen molar-refractivity contribution in [2.75, 3.05) is 19.0 Å². The highest BCUT2D eigenvalue weighted by Gasteiger charge is 2.12. The normalized spacial score (nSPS) is 10.8. The van der Waals surface area contributed by atoms with Crippen molar-refractivity contribution in [2.24, 2.45) is 0 Å². The van der Waals surface area contributed by atoms with Gasteiger partial charge in [0.05, 0.1) is 17.6 Å². The van der Waals surface area contributed by atoms with Crippen molar-refractivity contribution < 1.29 is 9.90 Å². The fourth-order valence-corrected chi connectivity index (χ4v) is 1.85. The summed E-state index contributed by atoms with van der Waals surface area (Å²) in [6.45, 7) is 1.87. The van der Waals surface area contributed by atoms with E-state index in [1.54, 1.807) is 0 Å². The fraction of sp³-hybridized carbons (Fsp3) is 0.333. The van der Waals surface area contributed by atoms with Gasteiger partial charge in [-0.25, -0.2) is 4.98 Å². The Morgan fingerprint density at radius 1 is 1.53 bits per heavy atom. The maximum absolute atomic E-state index is 10.8. The lowest BCUT2D eigenvalue weighted by molar-refractivity contribution is -0.136. The number of hydrogen-bond acceptors (Lipinski definition) is 3. The van der Waals surface area contributed by atoms with E-state index < -0.39 is 5.97 Å². The first-order chi connectivity index (χ1) is 7.99. The number of aromatic nitrogens is 2. The topological polar surface area (TPSA) is 57.8 Å². The Kier molecular flexibility index (Phi) is 2.75. The second-order valence-electron chi connectivity index (χ2n) is 4.21. The predicted octanol–water partition coefficient (Wildman–Crippen LogP) is 1.34. The molecule has 1 N–H and O–H groups in total. The Hall–Kier alpha value is -2.04. The standard InChI is InChI=1S/C12H15N3O2/c1-8-13-10(7-12(16)17)11-6-9(14(2)3)4-5-15(8)11/h4-6H,7H2,1-3H3,(H,16,17). The van der Waals surface area contributed by atoms with E-state index >= 15 is 0 Å². The van der Waals surface area contributed by atoms with Crippen LogP contribution in [0.5, 0.6) is 0 Å².